The van der Waals surface area contributed by atoms with Crippen molar-refractivity contribution in [2.45, 2.75) is 39.0 Å². The molecule has 0 unspecified atom stereocenters. The molecular weight excluding hydrogens is 542 g/mol. The van der Waals surface area contributed by atoms with E-state index < -0.39 is 51.9 Å². The molecule has 0 fully saturated rings. The Balaban J connectivity index is 2.53. The first kappa shape index (κ1) is 29.7. The number of nitrogens with one attached hydrogen (secondary N) is 1. The fourth-order valence-corrected chi connectivity index (χ4v) is 4.72. The summed E-state index contributed by atoms with van der Waals surface area (Å²) in [5.41, 5.74) is -1.02. The lowest BCUT2D eigenvalue weighted by Crippen LogP contribution is -2.52. The second-order valence-corrected chi connectivity index (χ2v) is 10.7. The van der Waals surface area contributed by atoms with E-state index in [-0.39, 0.29) is 18.0 Å². The molecule has 13 heteroatoms. The van der Waals surface area contributed by atoms with Crippen molar-refractivity contribution in [2.75, 3.05) is 23.7 Å². The van der Waals surface area contributed by atoms with Crippen molar-refractivity contribution >= 4 is 50.7 Å². The van der Waals surface area contributed by atoms with Gasteiger partial charge in [-0.25, -0.2) is 8.42 Å². The highest BCUT2D eigenvalue weighted by molar-refractivity contribution is 7.92. The van der Waals surface area contributed by atoms with Gasteiger partial charge in [-0.05, 0) is 49.2 Å². The summed E-state index contributed by atoms with van der Waals surface area (Å²) in [5.74, 6) is -1.26. The third kappa shape index (κ3) is 7.75. The van der Waals surface area contributed by atoms with Crippen molar-refractivity contribution in [3.8, 4) is 0 Å². The molecule has 0 aliphatic rings. The Morgan fingerprint density at radius 2 is 1.67 bits per heavy atom. The van der Waals surface area contributed by atoms with Crippen molar-refractivity contribution in [1.82, 2.24) is 10.2 Å². The first-order chi connectivity index (χ1) is 16.7. The van der Waals surface area contributed by atoms with Crippen LogP contribution in [0.25, 0.3) is 0 Å². The second-order valence-electron chi connectivity index (χ2n) is 7.90. The fourth-order valence-electron chi connectivity index (χ4n) is 3.47. The molecule has 2 aromatic carbocycles. The molecule has 2 aromatic rings. The van der Waals surface area contributed by atoms with Crippen LogP contribution in [0.15, 0.2) is 42.5 Å². The van der Waals surface area contributed by atoms with Crippen LogP contribution in [0.4, 0.5) is 18.9 Å². The molecule has 0 saturated carbocycles. The van der Waals surface area contributed by atoms with Gasteiger partial charge in [0.15, 0.2) is 0 Å². The summed E-state index contributed by atoms with van der Waals surface area (Å²) >= 11 is 12.0. The van der Waals surface area contributed by atoms with Crippen LogP contribution in [-0.2, 0) is 32.3 Å². The van der Waals surface area contributed by atoms with Gasteiger partial charge in [0.2, 0.25) is 21.8 Å². The molecule has 0 heterocycles. The lowest BCUT2D eigenvalue weighted by Gasteiger charge is -2.33. The molecule has 7 nitrogen and oxygen atoms in total. The molecule has 2 rings (SSSR count). The van der Waals surface area contributed by atoms with Crippen molar-refractivity contribution in [2.24, 2.45) is 0 Å². The molecule has 0 aliphatic heterocycles. The number of amides is 2. The zero-order valence-corrected chi connectivity index (χ0v) is 22.1. The number of alkyl halides is 3. The number of hydrogen-bond acceptors (Lipinski definition) is 4. The number of benzene rings is 2. The van der Waals surface area contributed by atoms with E-state index >= 15 is 0 Å². The van der Waals surface area contributed by atoms with E-state index in [1.54, 1.807) is 38.1 Å². The van der Waals surface area contributed by atoms with E-state index in [9.17, 15) is 31.2 Å². The van der Waals surface area contributed by atoms with E-state index in [1.807, 2.05) is 0 Å². The molecule has 36 heavy (non-hydrogen) atoms. The molecule has 0 aliphatic carbocycles. The van der Waals surface area contributed by atoms with Crippen LogP contribution in [0.2, 0.25) is 10.0 Å². The van der Waals surface area contributed by atoms with Crippen LogP contribution in [0.3, 0.4) is 0 Å². The van der Waals surface area contributed by atoms with Gasteiger partial charge in [0.25, 0.3) is 0 Å². The van der Waals surface area contributed by atoms with Crippen LogP contribution >= 0.6 is 23.2 Å². The number of anilines is 1. The summed E-state index contributed by atoms with van der Waals surface area (Å²) in [7, 11) is -4.26. The molecule has 0 spiro atoms. The van der Waals surface area contributed by atoms with Gasteiger partial charge in [-0.1, -0.05) is 42.3 Å². The lowest BCUT2D eigenvalue weighted by atomic mass is 10.1. The quantitative estimate of drug-likeness (QED) is 0.450. The zero-order chi connectivity index (χ0) is 27.3. The molecule has 1 atom stereocenters. The minimum absolute atomic E-state index is 0.0699. The molecule has 1 N–H and O–H groups in total. The van der Waals surface area contributed by atoms with Gasteiger partial charge in [0, 0.05) is 18.1 Å². The summed E-state index contributed by atoms with van der Waals surface area (Å²) in [6.07, 6.45) is -3.81. The van der Waals surface area contributed by atoms with Crippen molar-refractivity contribution in [1.29, 1.82) is 0 Å². The molecular formula is C23H26Cl2F3N3O4S. The van der Waals surface area contributed by atoms with Crippen molar-refractivity contribution in [3.63, 3.8) is 0 Å². The molecule has 2 amide bonds. The van der Waals surface area contributed by atoms with E-state index in [0.29, 0.717) is 33.6 Å². The SMILES string of the molecule is CCNC(=O)[C@@H](CC)N(Cc1ccc(Cl)cc1)C(=O)CN(c1cc(C(F)(F)F)ccc1Cl)S(C)(=O)=O. The molecule has 0 aromatic heterocycles. The molecule has 0 bridgehead atoms. The number of carbonyl (C=O) groups excluding carboxylic acids is 2. The van der Waals surface area contributed by atoms with Crippen molar-refractivity contribution < 1.29 is 31.2 Å². The first-order valence-corrected chi connectivity index (χ1v) is 13.5. The van der Waals surface area contributed by atoms with Crippen LogP contribution in [0, 0.1) is 0 Å². The average Bonchev–Trinajstić information content (AvgIpc) is 2.77. The maximum absolute atomic E-state index is 13.5. The normalized spacial score (nSPS) is 12.7. The Hall–Kier alpha value is -2.50. The van der Waals surface area contributed by atoms with Gasteiger partial charge in [-0.2, -0.15) is 13.2 Å². The second kappa shape index (κ2) is 12.2. The summed E-state index contributed by atoms with van der Waals surface area (Å²) in [4.78, 5) is 27.4. The van der Waals surface area contributed by atoms with Crippen LogP contribution < -0.4 is 9.62 Å². The fraction of sp³-hybridized carbons (Fsp3) is 0.391. The van der Waals surface area contributed by atoms with Crippen molar-refractivity contribution in [3.05, 3.63) is 63.6 Å². The zero-order valence-electron chi connectivity index (χ0n) is 19.8. The number of rotatable bonds is 10. The van der Waals surface area contributed by atoms with Gasteiger partial charge in [0.05, 0.1) is 22.5 Å². The lowest BCUT2D eigenvalue weighted by molar-refractivity contribution is -0.140. The Bertz CT molecular complexity index is 1190. The third-order valence-electron chi connectivity index (χ3n) is 5.22. The van der Waals surface area contributed by atoms with E-state index in [2.05, 4.69) is 5.32 Å². The van der Waals surface area contributed by atoms with Crippen LogP contribution in [-0.4, -0.2) is 50.5 Å². The predicted octanol–water partition coefficient (Wildman–Crippen LogP) is 4.72. The Labute approximate surface area is 218 Å². The maximum atomic E-state index is 13.5. The van der Waals surface area contributed by atoms with Crippen LogP contribution in [0.5, 0.6) is 0 Å². The van der Waals surface area contributed by atoms with E-state index in [4.69, 9.17) is 23.2 Å². The first-order valence-electron chi connectivity index (χ1n) is 10.8. The number of likely N-dealkylation sites (N-methyl/N-ethyl adjacent to an activating group) is 1. The van der Waals surface area contributed by atoms with Crippen LogP contribution in [0.1, 0.15) is 31.4 Å². The van der Waals surface area contributed by atoms with E-state index in [1.165, 1.54) is 4.90 Å². The highest BCUT2D eigenvalue weighted by atomic mass is 35.5. The van der Waals surface area contributed by atoms with Gasteiger partial charge in [0.1, 0.15) is 12.6 Å². The van der Waals surface area contributed by atoms with E-state index in [0.717, 1.165) is 12.3 Å². The van der Waals surface area contributed by atoms with Gasteiger partial charge >= 0.3 is 6.18 Å². The number of halogens is 5. The smallest absolute Gasteiger partial charge is 0.355 e. The predicted molar refractivity (Wildman–Crippen MR) is 133 cm³/mol. The number of hydrogen-bond donors (Lipinski definition) is 1. The van der Waals surface area contributed by atoms with Gasteiger partial charge in [-0.3, -0.25) is 13.9 Å². The number of sulfonamides is 1. The summed E-state index contributed by atoms with van der Waals surface area (Å²) < 4.78 is 65.6. The third-order valence-corrected chi connectivity index (χ3v) is 6.92. The molecule has 0 saturated heterocycles. The minimum atomic E-state index is -4.77. The number of nitrogens with zero attached hydrogens (tertiary/aromatic N) is 2. The molecule has 0 radical (unpaired) electrons. The van der Waals surface area contributed by atoms with Gasteiger partial charge in [-0.15, -0.1) is 0 Å². The summed E-state index contributed by atoms with van der Waals surface area (Å²) in [6, 6.07) is 7.71. The Morgan fingerprint density at radius 1 is 1.06 bits per heavy atom. The van der Waals surface area contributed by atoms with Gasteiger partial charge < -0.3 is 10.2 Å². The maximum Gasteiger partial charge on any atom is 0.416 e. The number of carbonyl (C=O) groups is 2. The largest absolute Gasteiger partial charge is 0.416 e. The summed E-state index contributed by atoms with van der Waals surface area (Å²) in [5, 5.41) is 2.81. The standard InChI is InChI=1S/C23H26Cl2F3N3O4S/c1-4-19(22(33)29-5-2)30(13-15-6-9-17(24)10-7-15)21(32)14-31(36(3,34)35)20-12-16(23(26,27)28)8-11-18(20)25/h6-12,19H,4-5,13-14H2,1-3H3,(H,29,33)/t19-/m1/s1. The highest BCUT2D eigenvalue weighted by Crippen LogP contribution is 2.36. The summed E-state index contributed by atoms with van der Waals surface area (Å²) in [6.45, 7) is 2.74. The minimum Gasteiger partial charge on any atom is -0.355 e. The monoisotopic (exact) mass is 567 g/mol. The molecule has 198 valence electrons. The Morgan fingerprint density at radius 3 is 2.17 bits per heavy atom. The highest BCUT2D eigenvalue weighted by Gasteiger charge is 2.35. The Kier molecular flexibility index (Phi) is 10.0. The average molecular weight is 568 g/mol. The topological polar surface area (TPSA) is 86.8 Å².